The summed E-state index contributed by atoms with van der Waals surface area (Å²) in [7, 11) is 0. The molecular formula is C17H32N4. The zero-order valence-electron chi connectivity index (χ0n) is 13.6. The first-order chi connectivity index (χ1) is 10.3. The van der Waals surface area contributed by atoms with Crippen LogP contribution in [-0.2, 0) is 6.42 Å². The van der Waals surface area contributed by atoms with Gasteiger partial charge >= 0.3 is 0 Å². The van der Waals surface area contributed by atoms with Gasteiger partial charge in [-0.25, -0.2) is 0 Å². The van der Waals surface area contributed by atoms with Crippen LogP contribution in [0.5, 0.6) is 0 Å². The summed E-state index contributed by atoms with van der Waals surface area (Å²) in [5.74, 6) is 0. The van der Waals surface area contributed by atoms with Gasteiger partial charge in [0.25, 0.3) is 0 Å². The van der Waals surface area contributed by atoms with Gasteiger partial charge in [0, 0.05) is 25.2 Å². The SMILES string of the molecule is CCN[C@@H](C)CN[C@@H](CNCCCN)Cc1ccccc1. The Hall–Kier alpha value is -0.940. The lowest BCUT2D eigenvalue weighted by Gasteiger charge is -2.22. The van der Waals surface area contributed by atoms with Crippen LogP contribution in [0.3, 0.4) is 0 Å². The van der Waals surface area contributed by atoms with Crippen molar-refractivity contribution in [3.05, 3.63) is 35.9 Å². The molecule has 0 radical (unpaired) electrons. The fourth-order valence-corrected chi connectivity index (χ4v) is 2.38. The van der Waals surface area contributed by atoms with Crippen molar-refractivity contribution in [1.29, 1.82) is 0 Å². The van der Waals surface area contributed by atoms with Gasteiger partial charge in [-0.3, -0.25) is 0 Å². The van der Waals surface area contributed by atoms with Gasteiger partial charge in [0.05, 0.1) is 0 Å². The van der Waals surface area contributed by atoms with E-state index in [0.29, 0.717) is 12.1 Å². The molecule has 4 nitrogen and oxygen atoms in total. The second kappa shape index (κ2) is 11.7. The van der Waals surface area contributed by atoms with E-state index in [9.17, 15) is 0 Å². The highest BCUT2D eigenvalue weighted by Crippen LogP contribution is 2.03. The summed E-state index contributed by atoms with van der Waals surface area (Å²) in [6.07, 6.45) is 2.08. The number of nitrogens with two attached hydrogens (primary N) is 1. The number of nitrogens with one attached hydrogen (secondary N) is 3. The van der Waals surface area contributed by atoms with E-state index < -0.39 is 0 Å². The van der Waals surface area contributed by atoms with Gasteiger partial charge in [0.15, 0.2) is 0 Å². The number of rotatable bonds is 12. The van der Waals surface area contributed by atoms with Crippen LogP contribution in [0.25, 0.3) is 0 Å². The number of benzene rings is 1. The standard InChI is InChI=1S/C17H32N4/c1-3-20-15(2)13-21-17(14-19-11-7-10-18)12-16-8-5-4-6-9-16/h4-6,8-9,15,17,19-21H,3,7,10-14,18H2,1-2H3/t15-,17+/m0/s1. The maximum absolute atomic E-state index is 5.54. The van der Waals surface area contributed by atoms with Gasteiger partial charge in [-0.15, -0.1) is 0 Å². The lowest BCUT2D eigenvalue weighted by molar-refractivity contribution is 0.429. The molecule has 0 saturated heterocycles. The van der Waals surface area contributed by atoms with Crippen molar-refractivity contribution in [3.8, 4) is 0 Å². The molecule has 0 aliphatic carbocycles. The fraction of sp³-hybridized carbons (Fsp3) is 0.647. The predicted molar refractivity (Wildman–Crippen MR) is 91.6 cm³/mol. The van der Waals surface area contributed by atoms with E-state index in [4.69, 9.17) is 5.73 Å². The summed E-state index contributed by atoms with van der Waals surface area (Å²) >= 11 is 0. The van der Waals surface area contributed by atoms with E-state index in [2.05, 4.69) is 60.1 Å². The molecule has 0 amide bonds. The largest absolute Gasteiger partial charge is 0.330 e. The van der Waals surface area contributed by atoms with Gasteiger partial charge in [0.2, 0.25) is 0 Å². The van der Waals surface area contributed by atoms with Gasteiger partial charge in [0.1, 0.15) is 0 Å². The van der Waals surface area contributed by atoms with Crippen molar-refractivity contribution >= 4 is 0 Å². The molecule has 0 aromatic heterocycles. The highest BCUT2D eigenvalue weighted by atomic mass is 15.0. The lowest BCUT2D eigenvalue weighted by Crippen LogP contribution is -2.46. The van der Waals surface area contributed by atoms with Crippen molar-refractivity contribution in [2.75, 3.05) is 32.7 Å². The molecule has 4 heteroatoms. The Morgan fingerprint density at radius 3 is 2.52 bits per heavy atom. The molecule has 1 aromatic rings. The van der Waals surface area contributed by atoms with Crippen LogP contribution in [0.4, 0.5) is 0 Å². The monoisotopic (exact) mass is 292 g/mol. The summed E-state index contributed by atoms with van der Waals surface area (Å²) in [5, 5.41) is 10.6. The highest BCUT2D eigenvalue weighted by Gasteiger charge is 2.10. The van der Waals surface area contributed by atoms with Crippen molar-refractivity contribution in [2.24, 2.45) is 5.73 Å². The minimum atomic E-state index is 0.450. The van der Waals surface area contributed by atoms with Crippen LogP contribution in [0, 0.1) is 0 Å². The third-order valence-electron chi connectivity index (χ3n) is 3.54. The molecule has 0 unspecified atom stereocenters. The summed E-state index contributed by atoms with van der Waals surface area (Å²) in [4.78, 5) is 0. The molecule has 2 atom stereocenters. The molecule has 0 bridgehead atoms. The molecule has 0 saturated carbocycles. The second-order valence-electron chi connectivity index (χ2n) is 5.60. The minimum Gasteiger partial charge on any atom is -0.330 e. The molecule has 0 spiro atoms. The first-order valence-corrected chi connectivity index (χ1v) is 8.17. The van der Waals surface area contributed by atoms with Crippen LogP contribution < -0.4 is 21.7 Å². The summed E-state index contributed by atoms with van der Waals surface area (Å²) < 4.78 is 0. The Balaban J connectivity index is 2.41. The van der Waals surface area contributed by atoms with E-state index in [0.717, 1.165) is 45.6 Å². The molecule has 120 valence electrons. The van der Waals surface area contributed by atoms with Gasteiger partial charge in [-0.2, -0.15) is 0 Å². The Morgan fingerprint density at radius 2 is 1.86 bits per heavy atom. The highest BCUT2D eigenvalue weighted by molar-refractivity contribution is 5.16. The Kier molecular flexibility index (Phi) is 10.1. The van der Waals surface area contributed by atoms with Crippen LogP contribution in [0.2, 0.25) is 0 Å². The van der Waals surface area contributed by atoms with Gasteiger partial charge in [-0.1, -0.05) is 37.3 Å². The molecule has 0 aliphatic rings. The quantitative estimate of drug-likeness (QED) is 0.436. The first-order valence-electron chi connectivity index (χ1n) is 8.17. The smallest absolute Gasteiger partial charge is 0.0233 e. The van der Waals surface area contributed by atoms with E-state index in [1.165, 1.54) is 5.56 Å². The average molecular weight is 292 g/mol. The second-order valence-corrected chi connectivity index (χ2v) is 5.60. The average Bonchev–Trinajstić information content (AvgIpc) is 2.50. The maximum Gasteiger partial charge on any atom is 0.0233 e. The van der Waals surface area contributed by atoms with Crippen molar-refractivity contribution in [2.45, 2.75) is 38.8 Å². The Morgan fingerprint density at radius 1 is 1.10 bits per heavy atom. The summed E-state index contributed by atoms with van der Waals surface area (Å²) in [6, 6.07) is 11.6. The zero-order chi connectivity index (χ0) is 15.3. The minimum absolute atomic E-state index is 0.450. The van der Waals surface area contributed by atoms with Crippen LogP contribution in [-0.4, -0.2) is 44.8 Å². The maximum atomic E-state index is 5.54. The molecule has 5 N–H and O–H groups in total. The lowest BCUT2D eigenvalue weighted by atomic mass is 10.1. The molecule has 21 heavy (non-hydrogen) atoms. The molecule has 1 aromatic carbocycles. The predicted octanol–water partition coefficient (Wildman–Crippen LogP) is 1.12. The zero-order valence-corrected chi connectivity index (χ0v) is 13.6. The number of likely N-dealkylation sites (N-methyl/N-ethyl adjacent to an activating group) is 1. The third kappa shape index (κ3) is 8.83. The van der Waals surface area contributed by atoms with Crippen molar-refractivity contribution < 1.29 is 0 Å². The normalized spacial score (nSPS) is 14.0. The van der Waals surface area contributed by atoms with Crippen molar-refractivity contribution in [1.82, 2.24) is 16.0 Å². The van der Waals surface area contributed by atoms with E-state index in [1.54, 1.807) is 0 Å². The van der Waals surface area contributed by atoms with E-state index >= 15 is 0 Å². The van der Waals surface area contributed by atoms with E-state index in [1.807, 2.05) is 0 Å². The molecule has 1 rings (SSSR count). The van der Waals surface area contributed by atoms with Gasteiger partial charge < -0.3 is 21.7 Å². The first kappa shape index (κ1) is 18.1. The van der Waals surface area contributed by atoms with E-state index in [-0.39, 0.29) is 0 Å². The molecule has 0 fully saturated rings. The Labute approximate surface area is 129 Å². The number of hydrogen-bond donors (Lipinski definition) is 4. The van der Waals surface area contributed by atoms with Crippen LogP contribution in [0.1, 0.15) is 25.8 Å². The fourth-order valence-electron chi connectivity index (χ4n) is 2.38. The van der Waals surface area contributed by atoms with Crippen LogP contribution in [0.15, 0.2) is 30.3 Å². The third-order valence-corrected chi connectivity index (χ3v) is 3.54. The summed E-state index contributed by atoms with van der Waals surface area (Å²) in [6.45, 7) is 9.09. The number of hydrogen-bond acceptors (Lipinski definition) is 4. The summed E-state index contributed by atoms with van der Waals surface area (Å²) in [5.41, 5.74) is 6.92. The van der Waals surface area contributed by atoms with Crippen LogP contribution >= 0.6 is 0 Å². The topological polar surface area (TPSA) is 62.1 Å². The molecule has 0 aliphatic heterocycles. The Bertz CT molecular complexity index is 342. The molecular weight excluding hydrogens is 260 g/mol. The van der Waals surface area contributed by atoms with Gasteiger partial charge in [-0.05, 0) is 45.0 Å². The van der Waals surface area contributed by atoms with Crippen molar-refractivity contribution in [3.63, 3.8) is 0 Å². The molecule has 0 heterocycles.